The van der Waals surface area contributed by atoms with Crippen LogP contribution in [0.5, 0.6) is 0 Å². The fraction of sp³-hybridized carbons (Fsp3) is 0.833. The molecule has 88 valence electrons. The number of hydrogen-bond acceptors (Lipinski definition) is 3. The van der Waals surface area contributed by atoms with E-state index in [0.717, 1.165) is 26.1 Å². The highest BCUT2D eigenvalue weighted by atomic mass is 16.4. The normalized spacial score (nSPS) is 27.6. The van der Waals surface area contributed by atoms with Gasteiger partial charge in [-0.2, -0.15) is 5.26 Å². The van der Waals surface area contributed by atoms with Gasteiger partial charge in [-0.15, -0.1) is 0 Å². The van der Waals surface area contributed by atoms with Crippen molar-refractivity contribution in [3.8, 4) is 6.07 Å². The van der Waals surface area contributed by atoms with Crippen LogP contribution in [-0.4, -0.2) is 35.6 Å². The molecule has 4 nitrogen and oxygen atoms in total. The molecule has 0 amide bonds. The fourth-order valence-corrected chi connectivity index (χ4v) is 2.68. The standard InChI is InChI=1S/C12H18N2O2/c13-5-4-12(2-3-12)9-14-6-1-10(8-14)7-11(15)16/h10H,1-4,6-9H2,(H,15,16). The van der Waals surface area contributed by atoms with Crippen LogP contribution in [-0.2, 0) is 4.79 Å². The number of hydrogen-bond donors (Lipinski definition) is 1. The van der Waals surface area contributed by atoms with E-state index in [1.165, 1.54) is 12.8 Å². The summed E-state index contributed by atoms with van der Waals surface area (Å²) in [4.78, 5) is 12.9. The van der Waals surface area contributed by atoms with E-state index < -0.39 is 5.97 Å². The van der Waals surface area contributed by atoms with Crippen molar-refractivity contribution < 1.29 is 9.90 Å². The molecule has 16 heavy (non-hydrogen) atoms. The lowest BCUT2D eigenvalue weighted by Crippen LogP contribution is -2.28. The van der Waals surface area contributed by atoms with Crippen LogP contribution in [0.1, 0.15) is 32.1 Å². The molecule has 1 aliphatic carbocycles. The molecule has 2 aliphatic rings. The second kappa shape index (κ2) is 4.42. The van der Waals surface area contributed by atoms with Gasteiger partial charge >= 0.3 is 5.97 Å². The molecule has 0 aromatic carbocycles. The van der Waals surface area contributed by atoms with Crippen molar-refractivity contribution >= 4 is 5.97 Å². The van der Waals surface area contributed by atoms with Crippen molar-refractivity contribution in [2.75, 3.05) is 19.6 Å². The Morgan fingerprint density at radius 2 is 2.31 bits per heavy atom. The largest absolute Gasteiger partial charge is 0.481 e. The maximum absolute atomic E-state index is 10.6. The molecule has 4 heteroatoms. The Bertz CT molecular complexity index is 317. The zero-order chi connectivity index (χ0) is 11.6. The van der Waals surface area contributed by atoms with Gasteiger partial charge < -0.3 is 10.0 Å². The maximum atomic E-state index is 10.6. The van der Waals surface area contributed by atoms with Crippen LogP contribution in [0.3, 0.4) is 0 Å². The van der Waals surface area contributed by atoms with Crippen LogP contribution >= 0.6 is 0 Å². The molecule has 0 bridgehead atoms. The Hall–Kier alpha value is -1.08. The van der Waals surface area contributed by atoms with Gasteiger partial charge in [0, 0.05) is 25.9 Å². The molecule has 0 spiro atoms. The van der Waals surface area contributed by atoms with Crippen LogP contribution in [0.2, 0.25) is 0 Å². The molecular formula is C12H18N2O2. The Labute approximate surface area is 95.9 Å². The van der Waals surface area contributed by atoms with Gasteiger partial charge in [0.1, 0.15) is 0 Å². The van der Waals surface area contributed by atoms with Crippen LogP contribution in [0.25, 0.3) is 0 Å². The highest BCUT2D eigenvalue weighted by Gasteiger charge is 2.44. The third kappa shape index (κ3) is 2.73. The smallest absolute Gasteiger partial charge is 0.303 e. The Balaban J connectivity index is 1.77. The van der Waals surface area contributed by atoms with Gasteiger partial charge in [-0.3, -0.25) is 4.79 Å². The number of carboxylic acid groups (broad SMARTS) is 1. The van der Waals surface area contributed by atoms with E-state index in [0.29, 0.717) is 18.8 Å². The summed E-state index contributed by atoms with van der Waals surface area (Å²) in [5.74, 6) is -0.375. The van der Waals surface area contributed by atoms with Gasteiger partial charge in [0.15, 0.2) is 0 Å². The topological polar surface area (TPSA) is 64.3 Å². The lowest BCUT2D eigenvalue weighted by molar-refractivity contribution is -0.138. The van der Waals surface area contributed by atoms with Gasteiger partial charge in [0.25, 0.3) is 0 Å². The third-order valence-corrected chi connectivity index (χ3v) is 3.80. The van der Waals surface area contributed by atoms with Crippen LogP contribution in [0, 0.1) is 22.7 Å². The first-order chi connectivity index (χ1) is 7.63. The molecule has 1 atom stereocenters. The minimum Gasteiger partial charge on any atom is -0.481 e. The highest BCUT2D eigenvalue weighted by Crippen LogP contribution is 2.49. The number of rotatable bonds is 5. The molecular weight excluding hydrogens is 204 g/mol. The lowest BCUT2D eigenvalue weighted by Gasteiger charge is -2.21. The van der Waals surface area contributed by atoms with Crippen LogP contribution in [0.4, 0.5) is 0 Å². The molecule has 1 N–H and O–H groups in total. The molecule has 1 heterocycles. The fourth-order valence-electron chi connectivity index (χ4n) is 2.68. The van der Waals surface area contributed by atoms with Crippen LogP contribution in [0.15, 0.2) is 0 Å². The summed E-state index contributed by atoms with van der Waals surface area (Å²) in [5.41, 5.74) is 0.257. The summed E-state index contributed by atoms with van der Waals surface area (Å²) < 4.78 is 0. The minimum absolute atomic E-state index is 0.257. The number of carbonyl (C=O) groups is 1. The zero-order valence-corrected chi connectivity index (χ0v) is 9.48. The molecule has 1 saturated carbocycles. The van der Waals surface area contributed by atoms with E-state index in [4.69, 9.17) is 10.4 Å². The number of aliphatic carboxylic acids is 1. The Kier molecular flexibility index (Phi) is 3.15. The average Bonchev–Trinajstić information content (AvgIpc) is 2.80. The maximum Gasteiger partial charge on any atom is 0.303 e. The lowest BCUT2D eigenvalue weighted by atomic mass is 10.0. The highest BCUT2D eigenvalue weighted by molar-refractivity contribution is 5.67. The quantitative estimate of drug-likeness (QED) is 0.765. The third-order valence-electron chi connectivity index (χ3n) is 3.80. The molecule has 1 aliphatic heterocycles. The van der Waals surface area contributed by atoms with E-state index in [-0.39, 0.29) is 5.41 Å². The number of carboxylic acids is 1. The van der Waals surface area contributed by atoms with Crippen molar-refractivity contribution in [3.05, 3.63) is 0 Å². The second-order valence-corrected chi connectivity index (χ2v) is 5.32. The number of nitrogens with zero attached hydrogens (tertiary/aromatic N) is 2. The summed E-state index contributed by atoms with van der Waals surface area (Å²) in [6, 6.07) is 2.27. The summed E-state index contributed by atoms with van der Waals surface area (Å²) in [7, 11) is 0. The predicted molar refractivity (Wildman–Crippen MR) is 58.7 cm³/mol. The van der Waals surface area contributed by atoms with Crippen molar-refractivity contribution in [1.29, 1.82) is 5.26 Å². The number of likely N-dealkylation sites (tertiary alicyclic amines) is 1. The minimum atomic E-state index is -0.690. The average molecular weight is 222 g/mol. The first-order valence-electron chi connectivity index (χ1n) is 5.95. The Morgan fingerprint density at radius 1 is 1.56 bits per heavy atom. The molecule has 2 rings (SSSR count). The number of nitriles is 1. The van der Waals surface area contributed by atoms with Crippen molar-refractivity contribution in [3.63, 3.8) is 0 Å². The van der Waals surface area contributed by atoms with Crippen molar-refractivity contribution in [2.45, 2.75) is 32.1 Å². The van der Waals surface area contributed by atoms with E-state index >= 15 is 0 Å². The van der Waals surface area contributed by atoms with Crippen molar-refractivity contribution in [2.24, 2.45) is 11.3 Å². The summed E-state index contributed by atoms with van der Waals surface area (Å²) in [5, 5.41) is 17.5. The van der Waals surface area contributed by atoms with E-state index in [1.807, 2.05) is 0 Å². The predicted octanol–water partition coefficient (Wildman–Crippen LogP) is 1.48. The first-order valence-corrected chi connectivity index (χ1v) is 5.95. The molecule has 0 aromatic heterocycles. The molecule has 1 saturated heterocycles. The van der Waals surface area contributed by atoms with Gasteiger partial charge in [0.2, 0.25) is 0 Å². The summed E-state index contributed by atoms with van der Waals surface area (Å²) >= 11 is 0. The SMILES string of the molecule is N#CCC1(CN2CCC(CC(=O)O)C2)CC1. The van der Waals surface area contributed by atoms with Gasteiger partial charge in [-0.1, -0.05) is 0 Å². The zero-order valence-electron chi connectivity index (χ0n) is 9.48. The van der Waals surface area contributed by atoms with E-state index in [2.05, 4.69) is 11.0 Å². The molecule has 0 aromatic rings. The second-order valence-electron chi connectivity index (χ2n) is 5.32. The van der Waals surface area contributed by atoms with Gasteiger partial charge in [0.05, 0.1) is 6.07 Å². The van der Waals surface area contributed by atoms with Gasteiger partial charge in [-0.25, -0.2) is 0 Å². The van der Waals surface area contributed by atoms with Crippen LogP contribution < -0.4 is 0 Å². The molecule has 1 unspecified atom stereocenters. The van der Waals surface area contributed by atoms with E-state index in [9.17, 15) is 4.79 Å². The molecule has 2 fully saturated rings. The molecule has 0 radical (unpaired) electrons. The monoisotopic (exact) mass is 222 g/mol. The summed E-state index contributed by atoms with van der Waals surface area (Å²) in [6.45, 7) is 2.90. The van der Waals surface area contributed by atoms with E-state index in [1.54, 1.807) is 0 Å². The van der Waals surface area contributed by atoms with Crippen molar-refractivity contribution in [1.82, 2.24) is 4.90 Å². The Morgan fingerprint density at radius 3 is 2.88 bits per heavy atom. The van der Waals surface area contributed by atoms with Gasteiger partial charge in [-0.05, 0) is 37.1 Å². The summed E-state index contributed by atoms with van der Waals surface area (Å²) in [6.07, 6.45) is 4.28. The first kappa shape index (κ1) is 11.4.